The van der Waals surface area contributed by atoms with Gasteiger partial charge >= 0.3 is 5.97 Å². The van der Waals surface area contributed by atoms with Gasteiger partial charge in [0.15, 0.2) is 5.11 Å². The number of thiocarbonyl (C=S) groups is 1. The molecule has 6 nitrogen and oxygen atoms in total. The van der Waals surface area contributed by atoms with Crippen molar-refractivity contribution in [1.82, 2.24) is 10.3 Å². The summed E-state index contributed by atoms with van der Waals surface area (Å²) < 4.78 is 6.42. The van der Waals surface area contributed by atoms with Gasteiger partial charge in [-0.05, 0) is 98.2 Å². The van der Waals surface area contributed by atoms with Gasteiger partial charge in [0.25, 0.3) is 0 Å². The summed E-state index contributed by atoms with van der Waals surface area (Å²) in [6.45, 7) is 6.06. The van der Waals surface area contributed by atoms with E-state index in [1.165, 1.54) is 11.1 Å². The van der Waals surface area contributed by atoms with Crippen LogP contribution in [0.3, 0.4) is 0 Å². The van der Waals surface area contributed by atoms with E-state index in [1.54, 1.807) is 24.4 Å². The zero-order valence-electron chi connectivity index (χ0n) is 19.6. The Hall–Kier alpha value is -3.97. The molecule has 0 bridgehead atoms. The Morgan fingerprint density at radius 1 is 1.00 bits per heavy atom. The second-order valence-corrected chi connectivity index (χ2v) is 9.19. The number of carboxylic acid groups (broad SMARTS) is 1. The number of hydrogen-bond acceptors (Lipinski definition) is 4. The first kappa shape index (κ1) is 22.8. The molecule has 5 rings (SSSR count). The van der Waals surface area contributed by atoms with E-state index in [4.69, 9.17) is 16.6 Å². The molecule has 35 heavy (non-hydrogen) atoms. The number of aryl methyl sites for hydroxylation is 3. The molecule has 2 atom stereocenters. The van der Waals surface area contributed by atoms with Gasteiger partial charge in [-0.1, -0.05) is 18.2 Å². The van der Waals surface area contributed by atoms with Crippen LogP contribution in [0.15, 0.2) is 77.3 Å². The molecule has 2 aromatic carbocycles. The summed E-state index contributed by atoms with van der Waals surface area (Å²) in [4.78, 5) is 18.0. The number of furan rings is 1. The van der Waals surface area contributed by atoms with Crippen LogP contribution < -0.4 is 10.2 Å². The summed E-state index contributed by atoms with van der Waals surface area (Å²) in [6.07, 6.45) is 1.77. The Morgan fingerprint density at radius 2 is 1.83 bits per heavy atom. The number of aromatic nitrogens is 1. The topological polar surface area (TPSA) is 78.6 Å². The standard InChI is InChI=1S/C28H25N3O3S/c1-16-7-9-20(15-17(16)2)31-26(25(30-28(31)35)22-6-4-5-13-29-22)24-12-11-23(34-24)21-10-8-19(27(32)33)14-18(21)3/h4-15,25-26H,1-3H3,(H,30,35)(H,32,33)/t25-,26+/m1/s1. The third-order valence-corrected chi connectivity index (χ3v) is 6.84. The maximum atomic E-state index is 11.3. The lowest BCUT2D eigenvalue weighted by Crippen LogP contribution is -2.29. The fraction of sp³-hybridized carbons (Fsp3) is 0.179. The lowest BCUT2D eigenvalue weighted by Gasteiger charge is -2.26. The van der Waals surface area contributed by atoms with Crippen LogP contribution in [-0.4, -0.2) is 21.2 Å². The second-order valence-electron chi connectivity index (χ2n) is 8.80. The highest BCUT2D eigenvalue weighted by molar-refractivity contribution is 7.80. The molecular formula is C28H25N3O3S. The van der Waals surface area contributed by atoms with Gasteiger partial charge in [0.05, 0.1) is 17.3 Å². The van der Waals surface area contributed by atoms with Gasteiger partial charge in [-0.3, -0.25) is 4.98 Å². The number of nitrogens with zero attached hydrogens (tertiary/aromatic N) is 2. The van der Waals surface area contributed by atoms with Gasteiger partial charge in [0.1, 0.15) is 17.6 Å². The van der Waals surface area contributed by atoms with Crippen LogP contribution in [-0.2, 0) is 0 Å². The minimum Gasteiger partial charge on any atom is -0.478 e. The largest absolute Gasteiger partial charge is 0.478 e. The van der Waals surface area contributed by atoms with E-state index >= 15 is 0 Å². The maximum absolute atomic E-state index is 11.3. The molecule has 176 valence electrons. The summed E-state index contributed by atoms with van der Waals surface area (Å²) in [6, 6.07) is 20.6. The fourth-order valence-electron chi connectivity index (χ4n) is 4.53. The molecule has 1 fully saturated rings. The summed E-state index contributed by atoms with van der Waals surface area (Å²) in [5.74, 6) is 0.461. The highest BCUT2D eigenvalue weighted by Crippen LogP contribution is 2.43. The number of benzene rings is 2. The second kappa shape index (κ2) is 9.00. The van der Waals surface area contributed by atoms with Crippen LogP contribution >= 0.6 is 12.2 Å². The Balaban J connectivity index is 1.60. The quantitative estimate of drug-likeness (QED) is 0.330. The molecule has 3 heterocycles. The molecular weight excluding hydrogens is 458 g/mol. The number of carboxylic acids is 1. The van der Waals surface area contributed by atoms with Gasteiger partial charge in [-0.15, -0.1) is 0 Å². The van der Waals surface area contributed by atoms with Crippen molar-refractivity contribution in [2.45, 2.75) is 32.9 Å². The normalized spacial score (nSPS) is 17.5. The average Bonchev–Trinajstić information content (AvgIpc) is 3.46. The van der Waals surface area contributed by atoms with E-state index in [0.717, 1.165) is 28.3 Å². The van der Waals surface area contributed by atoms with Crippen molar-refractivity contribution in [3.05, 3.63) is 107 Å². The van der Waals surface area contributed by atoms with Crippen molar-refractivity contribution in [3.63, 3.8) is 0 Å². The predicted molar refractivity (Wildman–Crippen MR) is 140 cm³/mol. The molecule has 0 saturated carbocycles. The number of aromatic carboxylic acids is 1. The first-order chi connectivity index (χ1) is 16.8. The van der Waals surface area contributed by atoms with Crippen molar-refractivity contribution in [1.29, 1.82) is 0 Å². The maximum Gasteiger partial charge on any atom is 0.335 e. The van der Waals surface area contributed by atoms with Crippen LogP contribution in [0.5, 0.6) is 0 Å². The number of rotatable bonds is 5. The smallest absolute Gasteiger partial charge is 0.335 e. The molecule has 0 spiro atoms. The van der Waals surface area contributed by atoms with Crippen molar-refractivity contribution >= 4 is 29.0 Å². The predicted octanol–water partition coefficient (Wildman–Crippen LogP) is 6.14. The molecule has 0 aliphatic carbocycles. The van der Waals surface area contributed by atoms with Gasteiger partial charge < -0.3 is 19.7 Å². The SMILES string of the molecule is Cc1ccc(N2C(=S)N[C@H](c3ccccn3)[C@@H]2c2ccc(-c3ccc(C(=O)O)cc3C)o2)cc1C. The van der Waals surface area contributed by atoms with Crippen LogP contribution in [0.2, 0.25) is 0 Å². The van der Waals surface area contributed by atoms with Crippen molar-refractivity contribution in [3.8, 4) is 11.3 Å². The Bertz CT molecular complexity index is 1430. The Labute approximate surface area is 209 Å². The van der Waals surface area contributed by atoms with E-state index in [1.807, 2.05) is 37.3 Å². The van der Waals surface area contributed by atoms with Crippen molar-refractivity contribution in [2.75, 3.05) is 4.90 Å². The molecule has 1 aliphatic heterocycles. The third-order valence-electron chi connectivity index (χ3n) is 6.52. The molecule has 2 N–H and O–H groups in total. The first-order valence-electron chi connectivity index (χ1n) is 11.4. The van der Waals surface area contributed by atoms with E-state index in [9.17, 15) is 9.90 Å². The highest BCUT2D eigenvalue weighted by Gasteiger charge is 2.42. The summed E-state index contributed by atoms with van der Waals surface area (Å²) in [5.41, 5.74) is 6.17. The summed E-state index contributed by atoms with van der Waals surface area (Å²) in [5, 5.41) is 13.4. The average molecular weight is 484 g/mol. The minimum absolute atomic E-state index is 0.209. The lowest BCUT2D eigenvalue weighted by atomic mass is 10.0. The number of hydrogen-bond donors (Lipinski definition) is 2. The van der Waals surface area contributed by atoms with Crippen molar-refractivity contribution < 1.29 is 14.3 Å². The minimum atomic E-state index is -0.951. The van der Waals surface area contributed by atoms with Crippen LogP contribution in [0, 0.1) is 20.8 Å². The lowest BCUT2D eigenvalue weighted by molar-refractivity contribution is 0.0696. The third kappa shape index (κ3) is 4.19. The van der Waals surface area contributed by atoms with E-state index in [0.29, 0.717) is 10.9 Å². The monoisotopic (exact) mass is 483 g/mol. The number of nitrogens with one attached hydrogen (secondary N) is 1. The molecule has 4 aromatic rings. The number of pyridine rings is 1. The Morgan fingerprint density at radius 3 is 2.51 bits per heavy atom. The van der Waals surface area contributed by atoms with E-state index < -0.39 is 5.97 Å². The molecule has 0 amide bonds. The molecule has 1 saturated heterocycles. The van der Waals surface area contributed by atoms with Gasteiger partial charge in [0.2, 0.25) is 0 Å². The highest BCUT2D eigenvalue weighted by atomic mass is 32.1. The molecule has 7 heteroatoms. The van der Waals surface area contributed by atoms with Crippen LogP contribution in [0.4, 0.5) is 5.69 Å². The van der Waals surface area contributed by atoms with Crippen molar-refractivity contribution in [2.24, 2.45) is 0 Å². The van der Waals surface area contributed by atoms with Crippen LogP contribution in [0.1, 0.15) is 50.6 Å². The van der Waals surface area contributed by atoms with Gasteiger partial charge in [-0.2, -0.15) is 0 Å². The zero-order valence-corrected chi connectivity index (χ0v) is 20.5. The molecule has 0 unspecified atom stereocenters. The zero-order chi connectivity index (χ0) is 24.7. The van der Waals surface area contributed by atoms with E-state index in [2.05, 4.69) is 47.2 Å². The summed E-state index contributed by atoms with van der Waals surface area (Å²) >= 11 is 5.80. The van der Waals surface area contributed by atoms with E-state index in [-0.39, 0.29) is 17.6 Å². The van der Waals surface area contributed by atoms with Crippen LogP contribution in [0.25, 0.3) is 11.3 Å². The summed E-state index contributed by atoms with van der Waals surface area (Å²) in [7, 11) is 0. The first-order valence-corrected chi connectivity index (χ1v) is 11.8. The number of anilines is 1. The number of carbonyl (C=O) groups is 1. The Kier molecular flexibility index (Phi) is 5.86. The fourth-order valence-corrected chi connectivity index (χ4v) is 4.87. The van der Waals surface area contributed by atoms with Gasteiger partial charge in [-0.25, -0.2) is 4.79 Å². The molecule has 1 aliphatic rings. The molecule has 0 radical (unpaired) electrons. The van der Waals surface area contributed by atoms with Gasteiger partial charge in [0, 0.05) is 17.4 Å². The molecule has 2 aromatic heterocycles.